The van der Waals surface area contributed by atoms with Crippen molar-refractivity contribution in [2.24, 2.45) is 0 Å². The van der Waals surface area contributed by atoms with E-state index in [4.69, 9.17) is 4.98 Å². The first kappa shape index (κ1) is 14.4. The Morgan fingerprint density at radius 1 is 1.42 bits per heavy atom. The van der Waals surface area contributed by atoms with Crippen molar-refractivity contribution in [1.29, 1.82) is 0 Å². The number of aromatic nitrogens is 6. The van der Waals surface area contributed by atoms with Gasteiger partial charge in [-0.3, -0.25) is 4.68 Å². The van der Waals surface area contributed by atoms with Gasteiger partial charge in [0.25, 0.3) is 0 Å². The van der Waals surface area contributed by atoms with E-state index in [0.29, 0.717) is 6.04 Å². The molecule has 24 heavy (non-hydrogen) atoms. The molecule has 0 spiro atoms. The Morgan fingerprint density at radius 2 is 2.33 bits per heavy atom. The maximum atomic E-state index is 9.31. The van der Waals surface area contributed by atoms with E-state index >= 15 is 0 Å². The van der Waals surface area contributed by atoms with Crippen molar-refractivity contribution in [2.75, 3.05) is 0 Å². The van der Waals surface area contributed by atoms with Crippen LogP contribution in [0.5, 0.6) is 0 Å². The zero-order chi connectivity index (χ0) is 16.3. The molecule has 1 aliphatic heterocycles. The predicted octanol–water partition coefficient (Wildman–Crippen LogP) is 2.39. The molecule has 0 amide bonds. The number of H-pyrrole nitrogens is 1. The highest BCUT2D eigenvalue weighted by Crippen LogP contribution is 2.32. The van der Waals surface area contributed by atoms with Crippen LogP contribution in [0.2, 0.25) is 0 Å². The molecule has 5 rings (SSSR count). The Morgan fingerprint density at radius 3 is 3.21 bits per heavy atom. The number of hydrogen-bond donors (Lipinski definition) is 2. The summed E-state index contributed by atoms with van der Waals surface area (Å²) in [5.74, 6) is 0. The van der Waals surface area contributed by atoms with Crippen molar-refractivity contribution >= 4 is 44.7 Å². The molecule has 0 bridgehead atoms. The van der Waals surface area contributed by atoms with E-state index < -0.39 is 0 Å². The summed E-state index contributed by atoms with van der Waals surface area (Å²) in [6.45, 7) is 0.789. The number of fused-ring (bicyclic) bond motifs is 4. The SMILES string of the molecule is OCc1cc2n(n1)CC(n1c(I)nc3cnc4[nH]ccc4c31)CC2. The highest BCUT2D eigenvalue weighted by molar-refractivity contribution is 14.1. The van der Waals surface area contributed by atoms with E-state index in [-0.39, 0.29) is 6.61 Å². The molecule has 1 atom stereocenters. The molecule has 0 fully saturated rings. The normalized spacial score (nSPS) is 17.7. The smallest absolute Gasteiger partial charge is 0.172 e. The minimum Gasteiger partial charge on any atom is -0.390 e. The number of aromatic amines is 1. The van der Waals surface area contributed by atoms with Crippen LogP contribution in [0, 0.1) is 3.83 Å². The van der Waals surface area contributed by atoms with Gasteiger partial charge in [-0.05, 0) is 47.6 Å². The molecule has 4 aromatic rings. The first-order valence-corrected chi connectivity index (χ1v) is 8.98. The van der Waals surface area contributed by atoms with Gasteiger partial charge in [-0.15, -0.1) is 0 Å². The van der Waals surface area contributed by atoms with Crippen LogP contribution in [0.25, 0.3) is 22.1 Å². The minimum absolute atomic E-state index is 0.00809. The highest BCUT2D eigenvalue weighted by atomic mass is 127. The highest BCUT2D eigenvalue weighted by Gasteiger charge is 2.26. The van der Waals surface area contributed by atoms with Gasteiger partial charge in [-0.2, -0.15) is 5.10 Å². The van der Waals surface area contributed by atoms with Crippen LogP contribution in [0.4, 0.5) is 0 Å². The monoisotopic (exact) mass is 434 g/mol. The van der Waals surface area contributed by atoms with Gasteiger partial charge in [0, 0.05) is 17.3 Å². The number of rotatable bonds is 2. The van der Waals surface area contributed by atoms with Crippen LogP contribution in [-0.4, -0.2) is 34.4 Å². The maximum Gasteiger partial charge on any atom is 0.172 e. The van der Waals surface area contributed by atoms with Gasteiger partial charge in [0.1, 0.15) is 11.2 Å². The van der Waals surface area contributed by atoms with Gasteiger partial charge in [0.2, 0.25) is 0 Å². The van der Waals surface area contributed by atoms with Crippen LogP contribution in [0.15, 0.2) is 24.5 Å². The summed E-state index contributed by atoms with van der Waals surface area (Å²) >= 11 is 2.30. The second-order valence-corrected chi connectivity index (χ2v) is 7.11. The van der Waals surface area contributed by atoms with E-state index in [2.05, 4.69) is 48.3 Å². The first-order valence-electron chi connectivity index (χ1n) is 7.90. The summed E-state index contributed by atoms with van der Waals surface area (Å²) in [5, 5.41) is 14.9. The van der Waals surface area contributed by atoms with Gasteiger partial charge in [-0.1, -0.05) is 0 Å². The van der Waals surface area contributed by atoms with E-state index in [1.807, 2.05) is 23.1 Å². The Kier molecular flexibility index (Phi) is 3.17. The van der Waals surface area contributed by atoms with E-state index in [9.17, 15) is 5.11 Å². The van der Waals surface area contributed by atoms with Crippen LogP contribution in [-0.2, 0) is 19.6 Å². The third-order valence-corrected chi connectivity index (χ3v) is 5.51. The molecule has 5 heterocycles. The topological polar surface area (TPSA) is 84.5 Å². The third kappa shape index (κ3) is 2.02. The van der Waals surface area contributed by atoms with E-state index in [1.165, 1.54) is 5.69 Å². The molecule has 0 aliphatic carbocycles. The number of imidazole rings is 1. The lowest BCUT2D eigenvalue weighted by Crippen LogP contribution is -2.24. The number of aryl methyl sites for hydroxylation is 1. The molecular formula is C16H15IN6O. The molecule has 4 aromatic heterocycles. The number of aliphatic hydroxyl groups is 1. The molecule has 0 saturated carbocycles. The zero-order valence-corrected chi connectivity index (χ0v) is 14.9. The fraction of sp³-hybridized carbons (Fsp3) is 0.312. The average Bonchev–Trinajstić information content (AvgIpc) is 3.28. The van der Waals surface area contributed by atoms with Crippen molar-refractivity contribution in [2.45, 2.75) is 32.0 Å². The minimum atomic E-state index is -0.00809. The lowest BCUT2D eigenvalue weighted by atomic mass is 10.0. The first-order chi connectivity index (χ1) is 11.7. The molecule has 122 valence electrons. The van der Waals surface area contributed by atoms with Gasteiger partial charge in [0.05, 0.1) is 36.6 Å². The summed E-state index contributed by atoms with van der Waals surface area (Å²) in [6, 6.07) is 4.35. The maximum absolute atomic E-state index is 9.31. The average molecular weight is 434 g/mol. The summed E-state index contributed by atoms with van der Waals surface area (Å²) in [4.78, 5) is 12.3. The fourth-order valence-corrected chi connectivity index (χ4v) is 4.56. The number of nitrogens with one attached hydrogen (secondary N) is 1. The Hall–Kier alpha value is -1.94. The molecule has 0 aromatic carbocycles. The fourth-order valence-electron chi connectivity index (χ4n) is 3.66. The zero-order valence-electron chi connectivity index (χ0n) is 12.8. The van der Waals surface area contributed by atoms with Gasteiger partial charge in [-0.25, -0.2) is 9.97 Å². The molecule has 0 radical (unpaired) electrons. The third-order valence-electron chi connectivity index (χ3n) is 4.75. The standard InChI is InChI=1S/C16H15IN6O/c17-16-20-13-6-19-15-12(3-4-18-15)14(13)23(16)11-2-1-10-5-9(8-24)21-22(10)7-11/h3-6,11,24H,1-2,7-8H2,(H,18,19). The molecule has 1 unspecified atom stereocenters. The Bertz CT molecular complexity index is 1060. The van der Waals surface area contributed by atoms with Gasteiger partial charge < -0.3 is 14.7 Å². The molecule has 1 aliphatic rings. The molecule has 7 nitrogen and oxygen atoms in total. The second-order valence-electron chi connectivity index (χ2n) is 6.14. The van der Waals surface area contributed by atoms with Gasteiger partial charge >= 0.3 is 0 Å². The van der Waals surface area contributed by atoms with Crippen LogP contribution in [0.3, 0.4) is 0 Å². The number of hydrogen-bond acceptors (Lipinski definition) is 4. The summed E-state index contributed by atoms with van der Waals surface area (Å²) in [6.07, 6.45) is 5.74. The lowest BCUT2D eigenvalue weighted by Gasteiger charge is -2.26. The largest absolute Gasteiger partial charge is 0.390 e. The summed E-state index contributed by atoms with van der Waals surface area (Å²) in [7, 11) is 0. The van der Waals surface area contributed by atoms with Crippen LogP contribution in [0.1, 0.15) is 23.9 Å². The van der Waals surface area contributed by atoms with Crippen molar-refractivity contribution in [3.8, 4) is 0 Å². The number of halogens is 1. The molecule has 0 saturated heterocycles. The quantitative estimate of drug-likeness (QED) is 0.475. The van der Waals surface area contributed by atoms with Crippen LogP contribution >= 0.6 is 22.6 Å². The van der Waals surface area contributed by atoms with Crippen LogP contribution < -0.4 is 0 Å². The van der Waals surface area contributed by atoms with Gasteiger partial charge in [0.15, 0.2) is 3.83 Å². The van der Waals surface area contributed by atoms with Crippen molar-refractivity contribution in [3.05, 3.63) is 39.7 Å². The van der Waals surface area contributed by atoms with E-state index in [1.54, 1.807) is 0 Å². The van der Waals surface area contributed by atoms with Crippen molar-refractivity contribution in [1.82, 2.24) is 29.3 Å². The summed E-state index contributed by atoms with van der Waals surface area (Å²) < 4.78 is 5.31. The molecular weight excluding hydrogens is 419 g/mol. The van der Waals surface area contributed by atoms with E-state index in [0.717, 1.165) is 51.0 Å². The molecule has 2 N–H and O–H groups in total. The predicted molar refractivity (Wildman–Crippen MR) is 97.6 cm³/mol. The van der Waals surface area contributed by atoms with Crippen molar-refractivity contribution in [3.63, 3.8) is 0 Å². The molecule has 8 heteroatoms. The number of aliphatic hydroxyl groups excluding tert-OH is 1. The lowest BCUT2D eigenvalue weighted by molar-refractivity contribution is 0.273. The Labute approximate surface area is 150 Å². The van der Waals surface area contributed by atoms with Crippen molar-refractivity contribution < 1.29 is 5.11 Å². The summed E-state index contributed by atoms with van der Waals surface area (Å²) in [5.41, 5.74) is 4.89. The Balaban J connectivity index is 1.66. The second kappa shape index (κ2) is 5.28. The number of nitrogens with zero attached hydrogens (tertiary/aromatic N) is 5. The number of pyridine rings is 1.